The molecule has 1 aliphatic rings. The van der Waals surface area contributed by atoms with Crippen LogP contribution in [0.2, 0.25) is 0 Å². The Labute approximate surface area is 124 Å². The number of nitrogens with zero attached hydrogens (tertiary/aromatic N) is 3. The number of carbonyl (C=O) groups excluding carboxylic acids is 1. The molecule has 116 valence electrons. The number of hydrogen-bond acceptors (Lipinski definition) is 4. The summed E-state index contributed by atoms with van der Waals surface area (Å²) in [4.78, 5) is 19.8. The molecule has 0 aliphatic carbocycles. The Morgan fingerprint density at radius 1 is 1.38 bits per heavy atom. The minimum absolute atomic E-state index is 0.240. The summed E-state index contributed by atoms with van der Waals surface area (Å²) in [6, 6.07) is 3.77. The van der Waals surface area contributed by atoms with Crippen molar-refractivity contribution in [2.24, 2.45) is 4.99 Å². The smallest absolute Gasteiger partial charge is 0.409 e. The van der Waals surface area contributed by atoms with E-state index in [1.54, 1.807) is 18.2 Å². The van der Waals surface area contributed by atoms with Gasteiger partial charge >= 0.3 is 6.09 Å². The predicted molar refractivity (Wildman–Crippen MR) is 79.1 cm³/mol. The van der Waals surface area contributed by atoms with Crippen LogP contribution in [-0.2, 0) is 11.3 Å². The van der Waals surface area contributed by atoms with Gasteiger partial charge in [0.2, 0.25) is 0 Å². The van der Waals surface area contributed by atoms with Crippen LogP contribution in [0.15, 0.2) is 27.8 Å². The molecule has 0 atom stereocenters. The molecule has 1 aliphatic heterocycles. The van der Waals surface area contributed by atoms with Gasteiger partial charge < -0.3 is 24.3 Å². The van der Waals surface area contributed by atoms with Gasteiger partial charge in [0, 0.05) is 33.2 Å². The standard InChI is InChI=1S/C14H22N4O3/c1-3-20-14(19)18-8-6-17(7-9-18)13(15-2)16-11-12-5-4-10-21-12/h4-5,10H,3,6-9,11H2,1-2H3,(H,15,16). The molecule has 7 heteroatoms. The molecule has 1 aromatic rings. The van der Waals surface area contributed by atoms with Crippen molar-refractivity contribution in [2.45, 2.75) is 13.5 Å². The van der Waals surface area contributed by atoms with Crippen molar-refractivity contribution in [3.8, 4) is 0 Å². The van der Waals surface area contributed by atoms with Gasteiger partial charge in [-0.1, -0.05) is 0 Å². The second-order valence-corrected chi connectivity index (χ2v) is 4.65. The fourth-order valence-electron chi connectivity index (χ4n) is 2.23. The molecule has 0 saturated carbocycles. The highest BCUT2D eigenvalue weighted by atomic mass is 16.6. The third kappa shape index (κ3) is 4.14. The van der Waals surface area contributed by atoms with E-state index in [2.05, 4.69) is 15.2 Å². The summed E-state index contributed by atoms with van der Waals surface area (Å²) in [5, 5.41) is 3.26. The summed E-state index contributed by atoms with van der Waals surface area (Å²) in [7, 11) is 1.75. The van der Waals surface area contributed by atoms with E-state index in [-0.39, 0.29) is 6.09 Å². The molecule has 0 spiro atoms. The third-order valence-electron chi connectivity index (χ3n) is 3.32. The second-order valence-electron chi connectivity index (χ2n) is 4.65. The van der Waals surface area contributed by atoms with Gasteiger partial charge in [0.15, 0.2) is 5.96 Å². The number of hydrogen-bond donors (Lipinski definition) is 1. The third-order valence-corrected chi connectivity index (χ3v) is 3.32. The zero-order valence-electron chi connectivity index (χ0n) is 12.5. The predicted octanol–water partition coefficient (Wildman–Crippen LogP) is 1.13. The van der Waals surface area contributed by atoms with E-state index in [4.69, 9.17) is 9.15 Å². The summed E-state index contributed by atoms with van der Waals surface area (Å²) in [5.74, 6) is 1.68. The summed E-state index contributed by atoms with van der Waals surface area (Å²) in [5.41, 5.74) is 0. The summed E-state index contributed by atoms with van der Waals surface area (Å²) in [6.45, 7) is 5.56. The van der Waals surface area contributed by atoms with Gasteiger partial charge in [0.1, 0.15) is 5.76 Å². The first-order valence-electron chi connectivity index (χ1n) is 7.14. The fourth-order valence-corrected chi connectivity index (χ4v) is 2.23. The van der Waals surface area contributed by atoms with E-state index in [1.807, 2.05) is 19.1 Å². The lowest BCUT2D eigenvalue weighted by atomic mass is 10.3. The first kappa shape index (κ1) is 15.2. The average molecular weight is 294 g/mol. The van der Waals surface area contributed by atoms with Crippen LogP contribution in [0.5, 0.6) is 0 Å². The molecular weight excluding hydrogens is 272 g/mol. The van der Waals surface area contributed by atoms with Crippen LogP contribution < -0.4 is 5.32 Å². The number of rotatable bonds is 3. The average Bonchev–Trinajstić information content (AvgIpc) is 3.02. The number of nitrogens with one attached hydrogen (secondary N) is 1. The Balaban J connectivity index is 1.80. The van der Waals surface area contributed by atoms with Gasteiger partial charge in [-0.2, -0.15) is 0 Å². The molecule has 0 aromatic carbocycles. The van der Waals surface area contributed by atoms with Gasteiger partial charge in [-0.3, -0.25) is 4.99 Å². The summed E-state index contributed by atoms with van der Waals surface area (Å²) in [6.07, 6.45) is 1.41. The van der Waals surface area contributed by atoms with E-state index in [0.29, 0.717) is 26.2 Å². The first-order chi connectivity index (χ1) is 10.2. The van der Waals surface area contributed by atoms with Crippen LogP contribution in [0.4, 0.5) is 4.79 Å². The second kappa shape index (κ2) is 7.56. The minimum Gasteiger partial charge on any atom is -0.467 e. The van der Waals surface area contributed by atoms with Crippen molar-refractivity contribution in [1.82, 2.24) is 15.1 Å². The maximum absolute atomic E-state index is 11.7. The number of amides is 1. The van der Waals surface area contributed by atoms with Crippen LogP contribution in [0, 0.1) is 0 Å². The minimum atomic E-state index is -0.240. The van der Waals surface area contributed by atoms with Gasteiger partial charge in [-0.25, -0.2) is 4.79 Å². The molecule has 0 unspecified atom stereocenters. The van der Waals surface area contributed by atoms with E-state index in [0.717, 1.165) is 24.8 Å². The fraction of sp³-hybridized carbons (Fsp3) is 0.571. The molecule has 1 aromatic heterocycles. The summed E-state index contributed by atoms with van der Waals surface area (Å²) < 4.78 is 10.3. The molecular formula is C14H22N4O3. The maximum atomic E-state index is 11.7. The molecule has 2 rings (SSSR count). The molecule has 7 nitrogen and oxygen atoms in total. The van der Waals surface area contributed by atoms with Crippen LogP contribution in [0.1, 0.15) is 12.7 Å². The Morgan fingerprint density at radius 3 is 2.67 bits per heavy atom. The zero-order valence-corrected chi connectivity index (χ0v) is 12.5. The maximum Gasteiger partial charge on any atom is 0.409 e. The highest BCUT2D eigenvalue weighted by Gasteiger charge is 2.23. The molecule has 1 amide bonds. The van der Waals surface area contributed by atoms with Crippen molar-refractivity contribution in [2.75, 3.05) is 39.8 Å². The lowest BCUT2D eigenvalue weighted by Gasteiger charge is -2.35. The Morgan fingerprint density at radius 2 is 2.10 bits per heavy atom. The molecule has 21 heavy (non-hydrogen) atoms. The van der Waals surface area contributed by atoms with Gasteiger partial charge in [-0.05, 0) is 19.1 Å². The highest BCUT2D eigenvalue weighted by Crippen LogP contribution is 2.05. The Hall–Kier alpha value is -2.18. The zero-order chi connectivity index (χ0) is 15.1. The van der Waals surface area contributed by atoms with Crippen LogP contribution >= 0.6 is 0 Å². The van der Waals surface area contributed by atoms with Crippen LogP contribution in [-0.4, -0.2) is 61.7 Å². The van der Waals surface area contributed by atoms with Gasteiger partial charge in [0.05, 0.1) is 19.4 Å². The van der Waals surface area contributed by atoms with Crippen molar-refractivity contribution < 1.29 is 13.9 Å². The van der Waals surface area contributed by atoms with Crippen molar-refractivity contribution in [1.29, 1.82) is 0 Å². The van der Waals surface area contributed by atoms with Crippen molar-refractivity contribution in [3.63, 3.8) is 0 Å². The topological polar surface area (TPSA) is 70.3 Å². The van der Waals surface area contributed by atoms with E-state index >= 15 is 0 Å². The highest BCUT2D eigenvalue weighted by molar-refractivity contribution is 5.80. The van der Waals surface area contributed by atoms with Gasteiger partial charge in [-0.15, -0.1) is 0 Å². The monoisotopic (exact) mass is 294 g/mol. The van der Waals surface area contributed by atoms with E-state index in [1.165, 1.54) is 0 Å². The quantitative estimate of drug-likeness (QED) is 0.668. The Kier molecular flexibility index (Phi) is 5.48. The molecule has 0 radical (unpaired) electrons. The van der Waals surface area contributed by atoms with Crippen molar-refractivity contribution >= 4 is 12.1 Å². The molecule has 0 bridgehead atoms. The number of piperazine rings is 1. The molecule has 2 heterocycles. The Bertz CT molecular complexity index is 465. The van der Waals surface area contributed by atoms with E-state index in [9.17, 15) is 4.79 Å². The number of ether oxygens (including phenoxy) is 1. The lowest BCUT2D eigenvalue weighted by Crippen LogP contribution is -2.53. The van der Waals surface area contributed by atoms with Gasteiger partial charge in [0.25, 0.3) is 0 Å². The number of furan rings is 1. The number of carbonyl (C=O) groups is 1. The van der Waals surface area contributed by atoms with E-state index < -0.39 is 0 Å². The normalized spacial score (nSPS) is 16.0. The van der Waals surface area contributed by atoms with Crippen LogP contribution in [0.3, 0.4) is 0 Å². The summed E-state index contributed by atoms with van der Waals surface area (Å²) >= 11 is 0. The number of aliphatic imine (C=N–C) groups is 1. The van der Waals surface area contributed by atoms with Crippen molar-refractivity contribution in [3.05, 3.63) is 24.2 Å². The SMILES string of the molecule is CCOC(=O)N1CCN(C(=NC)NCc2ccco2)CC1. The largest absolute Gasteiger partial charge is 0.467 e. The van der Waals surface area contributed by atoms with Crippen LogP contribution in [0.25, 0.3) is 0 Å². The molecule has 1 saturated heterocycles. The number of guanidine groups is 1. The first-order valence-corrected chi connectivity index (χ1v) is 7.14. The molecule has 1 fully saturated rings. The lowest BCUT2D eigenvalue weighted by molar-refractivity contribution is 0.0914. The molecule has 1 N–H and O–H groups in total.